The number of para-hydroxylation sites is 1. The highest BCUT2D eigenvalue weighted by atomic mass is 15.3. The summed E-state index contributed by atoms with van der Waals surface area (Å²) in [4.78, 5) is 17.0. The van der Waals surface area contributed by atoms with Crippen molar-refractivity contribution in [2.75, 3.05) is 10.2 Å². The number of anilines is 3. The van der Waals surface area contributed by atoms with E-state index in [-0.39, 0.29) is 6.17 Å². The second-order valence-electron chi connectivity index (χ2n) is 11.0. The zero-order valence-corrected chi connectivity index (χ0v) is 24.5. The fraction of sp³-hybridized carbons (Fsp3) is 0.0250. The summed E-state index contributed by atoms with van der Waals surface area (Å²) in [5, 5.41) is 3.81. The Morgan fingerprint density at radius 3 is 1.40 bits per heavy atom. The number of hydrogen-bond acceptors (Lipinski definition) is 5. The van der Waals surface area contributed by atoms with Gasteiger partial charge in [0.1, 0.15) is 6.17 Å². The van der Waals surface area contributed by atoms with Gasteiger partial charge in [-0.2, -0.15) is 0 Å². The summed E-state index contributed by atoms with van der Waals surface area (Å²) in [5.74, 6) is 1.95. The third kappa shape index (κ3) is 5.21. The zero-order valence-electron chi connectivity index (χ0n) is 24.5. The largest absolute Gasteiger partial charge is 0.359 e. The van der Waals surface area contributed by atoms with Gasteiger partial charge < -0.3 is 10.2 Å². The third-order valence-corrected chi connectivity index (χ3v) is 8.13. The lowest BCUT2D eigenvalue weighted by molar-refractivity contribution is 0.828. The number of rotatable bonds is 6. The third-order valence-electron chi connectivity index (χ3n) is 8.13. The molecular weight excluding hydrogens is 550 g/mol. The van der Waals surface area contributed by atoms with Gasteiger partial charge in [0.25, 0.3) is 0 Å². The second kappa shape index (κ2) is 11.5. The van der Waals surface area contributed by atoms with Crippen molar-refractivity contribution in [3.05, 3.63) is 169 Å². The van der Waals surface area contributed by atoms with E-state index in [1.54, 1.807) is 0 Å². The van der Waals surface area contributed by atoms with Crippen molar-refractivity contribution in [2.45, 2.75) is 6.17 Å². The molecule has 7 aromatic rings. The first-order valence-electron chi connectivity index (χ1n) is 15.1. The van der Waals surface area contributed by atoms with Crippen LogP contribution < -0.4 is 10.2 Å². The predicted octanol–water partition coefficient (Wildman–Crippen LogP) is 9.80. The molecule has 214 valence electrons. The summed E-state index contributed by atoms with van der Waals surface area (Å²) in [5.41, 5.74) is 9.74. The van der Waals surface area contributed by atoms with Crippen molar-refractivity contribution >= 4 is 17.1 Å². The van der Waals surface area contributed by atoms with Crippen molar-refractivity contribution in [3.63, 3.8) is 0 Å². The number of aromatic nitrogens is 3. The van der Waals surface area contributed by atoms with E-state index in [0.717, 1.165) is 39.3 Å². The van der Waals surface area contributed by atoms with Gasteiger partial charge in [0.15, 0.2) is 17.5 Å². The van der Waals surface area contributed by atoms with E-state index in [1.165, 1.54) is 11.1 Å². The monoisotopic (exact) mass is 579 g/mol. The number of nitrogens with zero attached hydrogens (tertiary/aromatic N) is 4. The molecule has 0 bridgehead atoms. The van der Waals surface area contributed by atoms with Crippen LogP contribution in [0.15, 0.2) is 164 Å². The van der Waals surface area contributed by atoms with Gasteiger partial charge in [-0.05, 0) is 41.0 Å². The van der Waals surface area contributed by atoms with Crippen LogP contribution >= 0.6 is 0 Å². The summed E-state index contributed by atoms with van der Waals surface area (Å²) in [7, 11) is 0. The van der Waals surface area contributed by atoms with Crippen molar-refractivity contribution in [3.8, 4) is 45.3 Å². The maximum atomic E-state index is 4.91. The molecule has 2 heterocycles. The van der Waals surface area contributed by atoms with Gasteiger partial charge >= 0.3 is 0 Å². The van der Waals surface area contributed by atoms with E-state index in [2.05, 4.69) is 107 Å². The highest BCUT2D eigenvalue weighted by Crippen LogP contribution is 2.47. The van der Waals surface area contributed by atoms with Gasteiger partial charge in [0.2, 0.25) is 0 Å². The van der Waals surface area contributed by atoms with Gasteiger partial charge in [-0.25, -0.2) is 15.0 Å². The van der Waals surface area contributed by atoms with E-state index in [9.17, 15) is 0 Å². The quantitative estimate of drug-likeness (QED) is 0.213. The molecule has 5 heteroatoms. The Balaban J connectivity index is 1.17. The summed E-state index contributed by atoms with van der Waals surface area (Å²) < 4.78 is 0. The Morgan fingerprint density at radius 1 is 0.422 bits per heavy atom. The molecule has 0 fully saturated rings. The number of hydrogen-bond donors (Lipinski definition) is 1. The zero-order chi connectivity index (χ0) is 30.0. The van der Waals surface area contributed by atoms with Crippen LogP contribution in [-0.4, -0.2) is 15.0 Å². The molecule has 1 aliphatic heterocycles. The molecule has 0 aliphatic carbocycles. The maximum Gasteiger partial charge on any atom is 0.164 e. The van der Waals surface area contributed by atoms with Crippen LogP contribution in [0, 0.1) is 0 Å². The molecule has 8 rings (SSSR count). The fourth-order valence-corrected chi connectivity index (χ4v) is 5.88. The predicted molar refractivity (Wildman–Crippen MR) is 183 cm³/mol. The van der Waals surface area contributed by atoms with Crippen LogP contribution in [0.4, 0.5) is 17.1 Å². The van der Waals surface area contributed by atoms with E-state index < -0.39 is 0 Å². The lowest BCUT2D eigenvalue weighted by Gasteiger charge is -2.27. The first-order valence-corrected chi connectivity index (χ1v) is 15.1. The minimum Gasteiger partial charge on any atom is -0.359 e. The van der Waals surface area contributed by atoms with Gasteiger partial charge in [0.05, 0.1) is 11.4 Å². The Morgan fingerprint density at radius 2 is 0.867 bits per heavy atom. The molecular formula is C40H29N5. The molecule has 1 unspecified atom stereocenters. The van der Waals surface area contributed by atoms with Crippen LogP contribution in [0.1, 0.15) is 11.7 Å². The average molecular weight is 580 g/mol. The maximum absolute atomic E-state index is 4.91. The molecule has 0 spiro atoms. The molecule has 1 N–H and O–H groups in total. The SMILES string of the molecule is c1ccc(-c2ccc3c(c2)NC(c2ccc(-c4nc(-c5ccccc5)nc(-c5ccccc5)n4)cc2)N3c2ccccc2)cc1. The first kappa shape index (κ1) is 26.5. The van der Waals surface area contributed by atoms with E-state index in [0.29, 0.717) is 17.5 Å². The molecule has 1 aliphatic rings. The van der Waals surface area contributed by atoms with Crippen LogP contribution in [0.5, 0.6) is 0 Å². The van der Waals surface area contributed by atoms with E-state index in [1.807, 2.05) is 66.7 Å². The van der Waals surface area contributed by atoms with Crippen LogP contribution in [0.25, 0.3) is 45.3 Å². The molecule has 0 saturated carbocycles. The van der Waals surface area contributed by atoms with E-state index >= 15 is 0 Å². The van der Waals surface area contributed by atoms with E-state index in [4.69, 9.17) is 15.0 Å². The van der Waals surface area contributed by atoms with Gasteiger partial charge in [0, 0.05) is 22.4 Å². The average Bonchev–Trinajstić information content (AvgIpc) is 3.52. The van der Waals surface area contributed by atoms with Crippen molar-refractivity contribution < 1.29 is 0 Å². The minimum absolute atomic E-state index is 0.0828. The molecule has 6 aromatic carbocycles. The number of fused-ring (bicyclic) bond motifs is 1. The van der Waals surface area contributed by atoms with Crippen LogP contribution in [0.2, 0.25) is 0 Å². The van der Waals surface area contributed by atoms with Crippen molar-refractivity contribution in [1.82, 2.24) is 15.0 Å². The van der Waals surface area contributed by atoms with Crippen molar-refractivity contribution in [2.24, 2.45) is 0 Å². The Hall–Kier alpha value is -6.07. The topological polar surface area (TPSA) is 53.9 Å². The van der Waals surface area contributed by atoms with Crippen LogP contribution in [-0.2, 0) is 0 Å². The van der Waals surface area contributed by atoms with Crippen LogP contribution in [0.3, 0.4) is 0 Å². The highest BCUT2D eigenvalue weighted by Gasteiger charge is 2.31. The molecule has 45 heavy (non-hydrogen) atoms. The smallest absolute Gasteiger partial charge is 0.164 e. The number of benzene rings is 6. The summed E-state index contributed by atoms with van der Waals surface area (Å²) >= 11 is 0. The minimum atomic E-state index is -0.0828. The highest BCUT2D eigenvalue weighted by molar-refractivity contribution is 5.87. The lowest BCUT2D eigenvalue weighted by Crippen LogP contribution is -2.23. The van der Waals surface area contributed by atoms with Gasteiger partial charge in [-0.1, -0.05) is 140 Å². The standard InChI is InChI=1S/C40H29N5/c1-5-13-28(14-6-1)33-25-26-36-35(27-33)41-40(45(36)34-19-11-4-12-20-34)32-23-21-31(22-24-32)39-43-37(29-15-7-2-8-16-29)42-38(44-39)30-17-9-3-10-18-30/h1-27,40-41H. The van der Waals surface area contributed by atoms with Gasteiger partial charge in [-0.15, -0.1) is 0 Å². The summed E-state index contributed by atoms with van der Waals surface area (Å²) in [6.07, 6.45) is -0.0828. The van der Waals surface area contributed by atoms with Gasteiger partial charge in [-0.3, -0.25) is 0 Å². The Bertz CT molecular complexity index is 2010. The molecule has 1 atom stereocenters. The fourth-order valence-electron chi connectivity index (χ4n) is 5.88. The number of nitrogens with one attached hydrogen (secondary N) is 1. The normalized spacial score (nSPS) is 13.7. The first-order chi connectivity index (χ1) is 22.3. The lowest BCUT2D eigenvalue weighted by atomic mass is 10.0. The molecule has 5 nitrogen and oxygen atoms in total. The van der Waals surface area contributed by atoms with Crippen molar-refractivity contribution in [1.29, 1.82) is 0 Å². The Kier molecular flexibility index (Phi) is 6.81. The Labute approximate surface area is 262 Å². The second-order valence-corrected chi connectivity index (χ2v) is 11.0. The molecule has 0 radical (unpaired) electrons. The molecule has 1 aromatic heterocycles. The summed E-state index contributed by atoms with van der Waals surface area (Å²) in [6.45, 7) is 0. The molecule has 0 saturated heterocycles. The molecule has 0 amide bonds. The summed E-state index contributed by atoms with van der Waals surface area (Å²) in [6, 6.07) is 56.4.